The van der Waals surface area contributed by atoms with Gasteiger partial charge in [0.25, 0.3) is 0 Å². The standard InChI is InChI=1S/C19H31N3O3.ClH/c1-13(22-9-8-17(20)19(2,3)12-22)18(23)21-11-14-6-7-15(24-4)16(10-14)25-5;/h6-7,10,13,17H,8-9,11-12,20H2,1-5H3,(H,21,23);1H. The van der Waals surface area contributed by atoms with Gasteiger partial charge in [-0.3, -0.25) is 9.69 Å². The molecule has 1 fully saturated rings. The number of halogens is 1. The third-order valence-corrected chi connectivity index (χ3v) is 5.18. The Labute approximate surface area is 162 Å². The summed E-state index contributed by atoms with van der Waals surface area (Å²) in [5.74, 6) is 1.37. The molecule has 148 valence electrons. The third kappa shape index (κ3) is 5.25. The van der Waals surface area contributed by atoms with Gasteiger partial charge in [0, 0.05) is 25.7 Å². The maximum atomic E-state index is 12.5. The summed E-state index contributed by atoms with van der Waals surface area (Å²) < 4.78 is 10.5. The summed E-state index contributed by atoms with van der Waals surface area (Å²) in [4.78, 5) is 14.8. The molecule has 1 saturated heterocycles. The van der Waals surface area contributed by atoms with Gasteiger partial charge in [0.15, 0.2) is 11.5 Å². The molecule has 0 spiro atoms. The number of piperidine rings is 1. The van der Waals surface area contributed by atoms with Gasteiger partial charge in [-0.25, -0.2) is 0 Å². The van der Waals surface area contributed by atoms with Crippen molar-refractivity contribution in [1.82, 2.24) is 10.2 Å². The van der Waals surface area contributed by atoms with Gasteiger partial charge in [0.1, 0.15) is 0 Å². The highest BCUT2D eigenvalue weighted by molar-refractivity contribution is 5.85. The molecule has 1 heterocycles. The number of carbonyl (C=O) groups excluding carboxylic acids is 1. The third-order valence-electron chi connectivity index (χ3n) is 5.18. The molecule has 0 saturated carbocycles. The molecule has 2 unspecified atom stereocenters. The van der Waals surface area contributed by atoms with Crippen LogP contribution < -0.4 is 20.5 Å². The van der Waals surface area contributed by atoms with E-state index >= 15 is 0 Å². The molecule has 1 aromatic carbocycles. The van der Waals surface area contributed by atoms with Crippen LogP contribution in [-0.4, -0.2) is 50.2 Å². The van der Waals surface area contributed by atoms with Gasteiger partial charge in [0.05, 0.1) is 20.3 Å². The van der Waals surface area contributed by atoms with Crippen molar-refractivity contribution in [2.45, 2.75) is 45.8 Å². The summed E-state index contributed by atoms with van der Waals surface area (Å²) in [7, 11) is 3.21. The van der Waals surface area contributed by atoms with Crippen molar-refractivity contribution < 1.29 is 14.3 Å². The summed E-state index contributed by atoms with van der Waals surface area (Å²) in [6.07, 6.45) is 0.917. The van der Waals surface area contributed by atoms with E-state index < -0.39 is 0 Å². The SMILES string of the molecule is COc1ccc(CNC(=O)C(C)N2CCC(N)C(C)(C)C2)cc1OC.Cl. The molecule has 2 rings (SSSR count). The minimum Gasteiger partial charge on any atom is -0.493 e. The Morgan fingerprint density at radius 3 is 2.58 bits per heavy atom. The van der Waals surface area contributed by atoms with Crippen LogP contribution in [-0.2, 0) is 11.3 Å². The number of rotatable bonds is 6. The Morgan fingerprint density at radius 2 is 2.00 bits per heavy atom. The number of amides is 1. The van der Waals surface area contributed by atoms with Gasteiger partial charge in [0.2, 0.25) is 5.91 Å². The predicted octanol–water partition coefficient (Wildman–Crippen LogP) is 2.19. The lowest BCUT2D eigenvalue weighted by Crippen LogP contribution is -2.57. The summed E-state index contributed by atoms with van der Waals surface area (Å²) in [6.45, 7) is 8.43. The van der Waals surface area contributed by atoms with E-state index in [1.54, 1.807) is 14.2 Å². The summed E-state index contributed by atoms with van der Waals surface area (Å²) in [5, 5.41) is 3.02. The van der Waals surface area contributed by atoms with Crippen molar-refractivity contribution in [3.8, 4) is 11.5 Å². The van der Waals surface area contributed by atoms with Gasteiger partial charge in [-0.1, -0.05) is 19.9 Å². The Kier molecular flexibility index (Phi) is 8.18. The molecule has 6 nitrogen and oxygen atoms in total. The van der Waals surface area contributed by atoms with Crippen molar-refractivity contribution in [2.75, 3.05) is 27.3 Å². The maximum absolute atomic E-state index is 12.5. The first-order valence-electron chi connectivity index (χ1n) is 8.76. The van der Waals surface area contributed by atoms with E-state index in [2.05, 4.69) is 24.1 Å². The van der Waals surface area contributed by atoms with Gasteiger partial charge >= 0.3 is 0 Å². The zero-order valence-corrected chi connectivity index (χ0v) is 17.2. The largest absolute Gasteiger partial charge is 0.493 e. The fourth-order valence-corrected chi connectivity index (χ4v) is 3.24. The second kappa shape index (κ2) is 9.44. The number of hydrogen-bond donors (Lipinski definition) is 2. The number of ether oxygens (including phenoxy) is 2. The van der Waals surface area contributed by atoms with Crippen LogP contribution in [0.25, 0.3) is 0 Å². The molecule has 1 amide bonds. The molecule has 1 aliphatic rings. The number of hydrogen-bond acceptors (Lipinski definition) is 5. The first-order chi connectivity index (χ1) is 11.8. The number of nitrogens with two attached hydrogens (primary N) is 1. The molecule has 2 atom stereocenters. The van der Waals surface area contributed by atoms with Gasteiger partial charge in [-0.15, -0.1) is 12.4 Å². The molecule has 0 bridgehead atoms. The van der Waals surface area contributed by atoms with Crippen molar-refractivity contribution >= 4 is 18.3 Å². The average molecular weight is 386 g/mol. The zero-order valence-electron chi connectivity index (χ0n) is 16.4. The zero-order chi connectivity index (χ0) is 18.6. The number of benzene rings is 1. The second-order valence-electron chi connectivity index (χ2n) is 7.44. The lowest BCUT2D eigenvalue weighted by atomic mass is 9.79. The first kappa shape index (κ1) is 22.5. The number of carbonyl (C=O) groups is 1. The van der Waals surface area contributed by atoms with E-state index in [1.165, 1.54) is 0 Å². The maximum Gasteiger partial charge on any atom is 0.237 e. The van der Waals surface area contributed by atoms with E-state index in [-0.39, 0.29) is 35.8 Å². The second-order valence-corrected chi connectivity index (χ2v) is 7.44. The van der Waals surface area contributed by atoms with Crippen LogP contribution in [0.2, 0.25) is 0 Å². The van der Waals surface area contributed by atoms with E-state index in [9.17, 15) is 4.79 Å². The minimum atomic E-state index is -0.174. The van der Waals surface area contributed by atoms with Crippen LogP contribution in [0.5, 0.6) is 11.5 Å². The van der Waals surface area contributed by atoms with Gasteiger partial charge in [-0.05, 0) is 36.5 Å². The van der Waals surface area contributed by atoms with E-state index in [0.717, 1.165) is 25.1 Å². The lowest BCUT2D eigenvalue weighted by Gasteiger charge is -2.44. The quantitative estimate of drug-likeness (QED) is 0.784. The van der Waals surface area contributed by atoms with Crippen molar-refractivity contribution in [2.24, 2.45) is 11.1 Å². The van der Waals surface area contributed by atoms with Crippen molar-refractivity contribution in [1.29, 1.82) is 0 Å². The summed E-state index contributed by atoms with van der Waals surface area (Å²) in [5.41, 5.74) is 7.18. The monoisotopic (exact) mass is 385 g/mol. The number of methoxy groups -OCH3 is 2. The minimum absolute atomic E-state index is 0. The Bertz CT molecular complexity index is 610. The molecular weight excluding hydrogens is 354 g/mol. The number of nitrogens with zero attached hydrogens (tertiary/aromatic N) is 1. The fraction of sp³-hybridized carbons (Fsp3) is 0.632. The molecule has 1 aliphatic heterocycles. The Morgan fingerprint density at radius 1 is 1.35 bits per heavy atom. The average Bonchev–Trinajstić information content (AvgIpc) is 2.60. The predicted molar refractivity (Wildman–Crippen MR) is 106 cm³/mol. The van der Waals surface area contributed by atoms with Gasteiger partial charge < -0.3 is 20.5 Å². The molecule has 0 aromatic heterocycles. The van der Waals surface area contributed by atoms with Gasteiger partial charge in [-0.2, -0.15) is 0 Å². The summed E-state index contributed by atoms with van der Waals surface area (Å²) >= 11 is 0. The molecule has 3 N–H and O–H groups in total. The Hall–Kier alpha value is -1.50. The molecule has 1 aromatic rings. The molecule has 7 heteroatoms. The van der Waals surface area contributed by atoms with Crippen molar-refractivity contribution in [3.63, 3.8) is 0 Å². The van der Waals surface area contributed by atoms with Crippen LogP contribution in [0, 0.1) is 5.41 Å². The van der Waals surface area contributed by atoms with E-state index in [4.69, 9.17) is 15.2 Å². The van der Waals surface area contributed by atoms with E-state index in [1.807, 2.05) is 25.1 Å². The fourth-order valence-electron chi connectivity index (χ4n) is 3.24. The topological polar surface area (TPSA) is 76.8 Å². The molecule has 0 radical (unpaired) electrons. The van der Waals surface area contributed by atoms with Crippen LogP contribution in [0.4, 0.5) is 0 Å². The first-order valence-corrected chi connectivity index (χ1v) is 8.76. The van der Waals surface area contributed by atoms with Crippen LogP contribution in [0.1, 0.15) is 32.8 Å². The van der Waals surface area contributed by atoms with Crippen LogP contribution >= 0.6 is 12.4 Å². The number of nitrogens with one attached hydrogen (secondary N) is 1. The lowest BCUT2D eigenvalue weighted by molar-refractivity contribution is -0.127. The smallest absolute Gasteiger partial charge is 0.237 e. The highest BCUT2D eigenvalue weighted by atomic mass is 35.5. The van der Waals surface area contributed by atoms with Crippen molar-refractivity contribution in [3.05, 3.63) is 23.8 Å². The van der Waals surface area contributed by atoms with Crippen LogP contribution in [0.3, 0.4) is 0 Å². The van der Waals surface area contributed by atoms with Crippen LogP contribution in [0.15, 0.2) is 18.2 Å². The highest BCUT2D eigenvalue weighted by Gasteiger charge is 2.36. The molecule has 0 aliphatic carbocycles. The highest BCUT2D eigenvalue weighted by Crippen LogP contribution is 2.29. The molecular formula is C19H32ClN3O3. The van der Waals surface area contributed by atoms with E-state index in [0.29, 0.717) is 18.0 Å². The Balaban J connectivity index is 0.00000338. The molecule has 26 heavy (non-hydrogen) atoms. The number of likely N-dealkylation sites (tertiary alicyclic amines) is 1. The summed E-state index contributed by atoms with van der Waals surface area (Å²) in [6, 6.07) is 5.66. The normalized spacial score (nSPS) is 20.6.